The first-order valence-electron chi connectivity index (χ1n) is 44.5. The molecule has 720 valence electrons. The maximum atomic E-state index is 13.0. The molecule has 6 aliphatic rings. The highest BCUT2D eigenvalue weighted by Gasteiger charge is 2.44. The molecule has 2 saturated carbocycles. The number of hydrogen-bond donors (Lipinski definition) is 16. The summed E-state index contributed by atoms with van der Waals surface area (Å²) in [5, 5.41) is 135. The van der Waals surface area contributed by atoms with Crippen LogP contribution >= 0.6 is 0 Å². The van der Waals surface area contributed by atoms with Gasteiger partial charge in [0.2, 0.25) is 23.6 Å². The van der Waals surface area contributed by atoms with E-state index >= 15 is 0 Å². The van der Waals surface area contributed by atoms with E-state index in [9.17, 15) is 109 Å². The number of allylic oxidation sites excluding steroid dienone is 4. The Labute approximate surface area is 742 Å². The second-order valence-corrected chi connectivity index (χ2v) is 39.0. The lowest BCUT2D eigenvalue weighted by molar-refractivity contribution is -0.156. The van der Waals surface area contributed by atoms with Crippen LogP contribution in [0.25, 0.3) is 0 Å². The summed E-state index contributed by atoms with van der Waals surface area (Å²) in [5.41, 5.74) is -0.423. The number of nitrogens with one attached hydrogen (secondary N) is 4. The van der Waals surface area contributed by atoms with Crippen LogP contribution in [0.1, 0.15) is 252 Å². The lowest BCUT2D eigenvalue weighted by Gasteiger charge is -2.29. The Morgan fingerprint density at radius 1 is 0.360 bits per heavy atom. The number of aliphatic hydroxyl groups excluding tert-OH is 12. The molecule has 0 aromatic heterocycles. The molecule has 4 saturated heterocycles. The molecule has 0 unspecified atom stereocenters. The predicted octanol–water partition coefficient (Wildman–Crippen LogP) is 5.72. The van der Waals surface area contributed by atoms with E-state index < -0.39 is 157 Å². The Kier molecular flexibility index (Phi) is 51.2. The molecule has 0 spiro atoms. The zero-order chi connectivity index (χ0) is 93.9. The van der Waals surface area contributed by atoms with Crippen LogP contribution in [0.5, 0.6) is 0 Å². The van der Waals surface area contributed by atoms with Crippen molar-refractivity contribution < 1.29 is 138 Å². The third-order valence-electron chi connectivity index (χ3n) is 23.1. The van der Waals surface area contributed by atoms with E-state index in [0.29, 0.717) is 63.1 Å². The topological polar surface area (TPSA) is 517 Å². The molecule has 23 atom stereocenters. The summed E-state index contributed by atoms with van der Waals surface area (Å²) in [6.07, 6.45) is 0.745. The Morgan fingerprint density at radius 2 is 0.640 bits per heavy atom. The predicted molar refractivity (Wildman–Crippen MR) is 469 cm³/mol. The quantitative estimate of drug-likeness (QED) is 0.0263. The molecule has 4 amide bonds. The van der Waals surface area contributed by atoms with E-state index in [1.165, 1.54) is 46.7 Å². The van der Waals surface area contributed by atoms with E-state index in [2.05, 4.69) is 21.3 Å². The first kappa shape index (κ1) is 115. The smallest absolute Gasteiger partial charge is 0.309 e. The second kappa shape index (κ2) is 55.8. The summed E-state index contributed by atoms with van der Waals surface area (Å²) < 4.78 is 31.8. The van der Waals surface area contributed by atoms with E-state index in [-0.39, 0.29) is 115 Å². The van der Waals surface area contributed by atoms with Gasteiger partial charge < -0.3 is 111 Å². The molecular weight excluding hydrogens is 1620 g/mol. The molecule has 32 nitrogen and oxygen atoms in total. The summed E-state index contributed by atoms with van der Waals surface area (Å²) in [5.74, 6) is -5.55. The Bertz CT molecular complexity index is 3420. The van der Waals surface area contributed by atoms with Crippen LogP contribution in [0.3, 0.4) is 0 Å². The number of esters is 2. The maximum absolute atomic E-state index is 13.0. The van der Waals surface area contributed by atoms with Crippen molar-refractivity contribution in [2.75, 3.05) is 54.6 Å². The monoisotopic (exact) mass is 1780 g/mol. The highest BCUT2D eigenvalue weighted by molar-refractivity contribution is 5.92. The zero-order valence-corrected chi connectivity index (χ0v) is 77.0. The third kappa shape index (κ3) is 41.6. The number of ether oxygens (including phenoxy) is 6. The number of aliphatic hydroxyl groups is 12. The van der Waals surface area contributed by atoms with Gasteiger partial charge in [-0.25, -0.2) is 0 Å². The van der Waals surface area contributed by atoms with Crippen molar-refractivity contribution in [2.24, 2.45) is 63.1 Å². The number of methoxy groups -OCH3 is 4. The Morgan fingerprint density at radius 3 is 0.944 bits per heavy atom. The molecule has 0 bridgehead atoms. The van der Waals surface area contributed by atoms with E-state index in [4.69, 9.17) is 28.4 Å². The van der Waals surface area contributed by atoms with Crippen LogP contribution in [0.2, 0.25) is 0 Å². The van der Waals surface area contributed by atoms with Gasteiger partial charge in [-0.1, -0.05) is 185 Å². The molecular formula is C93H160N4O28. The number of carbonyl (C=O) groups excluding carboxylic acids is 10. The number of amides is 4. The lowest BCUT2D eigenvalue weighted by atomic mass is 9.87. The third-order valence-corrected chi connectivity index (χ3v) is 23.1. The van der Waals surface area contributed by atoms with Crippen molar-refractivity contribution in [3.8, 4) is 0 Å². The summed E-state index contributed by atoms with van der Waals surface area (Å²) in [6, 6.07) is 0. The number of rotatable bonds is 36. The van der Waals surface area contributed by atoms with E-state index in [1.807, 2.05) is 90.0 Å². The summed E-state index contributed by atoms with van der Waals surface area (Å²) in [6.45, 7) is 28.4. The van der Waals surface area contributed by atoms with Crippen LogP contribution in [0.15, 0.2) is 48.1 Å². The SMILES string of the molecule is C.CO[C@@H](C(=O)C[C@H]1CCCCNC1=O)[C@H](O)[C@@H](O)[C@H](O)/C=C/C(C)(C)C.CO[C@@H](C(=O)C[C@H]1CC[C@@H](C)CNC1=O)[C@H](O)[C@@H](O)[C@H](O)/C=C/C(C)(C)C.CO[C@@H](C(=O)C[C@H]1CC[C@@H](OC(=O)C2CCCCC2)CNC1=O)[C@H](O)[C@@H](O)[C@H](O)/C(C)=C/C(C)(C)C.CO[C@@H](C(=O)C[C@H]1CC[C@@H](OC(=O)C2CCCCC2)CNC1=O)[C@H](O)[C@@H](O)[C@H](O)/C=C/C(C)(C)C. The van der Waals surface area contributed by atoms with E-state index in [1.54, 1.807) is 31.2 Å². The van der Waals surface area contributed by atoms with Gasteiger partial charge >= 0.3 is 11.9 Å². The largest absolute Gasteiger partial charge is 0.460 e. The maximum Gasteiger partial charge on any atom is 0.309 e. The van der Waals surface area contributed by atoms with Gasteiger partial charge in [0.05, 0.1) is 24.9 Å². The van der Waals surface area contributed by atoms with Crippen molar-refractivity contribution in [3.05, 3.63) is 48.1 Å². The van der Waals surface area contributed by atoms with Gasteiger partial charge in [-0.05, 0) is 117 Å². The minimum Gasteiger partial charge on any atom is -0.460 e. The van der Waals surface area contributed by atoms with Gasteiger partial charge in [0, 0.05) is 90.9 Å². The fourth-order valence-electron chi connectivity index (χ4n) is 15.6. The zero-order valence-electron chi connectivity index (χ0n) is 77.0. The van der Waals surface area contributed by atoms with Crippen LogP contribution in [0, 0.1) is 63.1 Å². The number of ketones is 4. The normalized spacial score (nSPS) is 25.3. The van der Waals surface area contributed by atoms with Gasteiger partial charge in [0.25, 0.3) is 0 Å². The van der Waals surface area contributed by atoms with Crippen LogP contribution in [-0.2, 0) is 76.4 Å². The number of hydrogen-bond acceptors (Lipinski definition) is 28. The number of Topliss-reactive ketones (excluding diaryl/α,β-unsaturated/α-hetero) is 4. The van der Waals surface area contributed by atoms with E-state index in [0.717, 1.165) is 83.5 Å². The van der Waals surface area contributed by atoms with Crippen LogP contribution in [0.4, 0.5) is 0 Å². The molecule has 2 aliphatic carbocycles. The van der Waals surface area contributed by atoms with Gasteiger partial charge in [0.1, 0.15) is 110 Å². The average Bonchev–Trinajstić information content (AvgIpc) is 1.81. The molecule has 4 aliphatic heterocycles. The molecule has 16 N–H and O–H groups in total. The van der Waals surface area contributed by atoms with Crippen LogP contribution < -0.4 is 21.3 Å². The van der Waals surface area contributed by atoms with Gasteiger partial charge in [-0.2, -0.15) is 0 Å². The molecule has 6 fully saturated rings. The number of carbonyl (C=O) groups is 10. The molecule has 0 aromatic rings. The highest BCUT2D eigenvalue weighted by atomic mass is 16.6. The van der Waals surface area contributed by atoms with Crippen molar-refractivity contribution in [1.82, 2.24) is 21.3 Å². The van der Waals surface area contributed by atoms with Crippen molar-refractivity contribution in [3.63, 3.8) is 0 Å². The molecule has 4 heterocycles. The second-order valence-electron chi connectivity index (χ2n) is 39.0. The van der Waals surface area contributed by atoms with Crippen molar-refractivity contribution >= 4 is 58.7 Å². The standard InChI is InChI=1S/C27H45NO8.C26H43NO8.C20H35NO6.C19H33NO6.CH4/c1-16(14-27(2,3)4)21(30)22(31)23(32)24(35-5)20(29)13-18-11-12-19(15-28-25(18)33)36-26(34)17-9-7-6-8-10-17;1-26(2,3)13-12-19(28)21(30)22(31)23(34-4)20(29)14-17-10-11-18(15-27-24(17)32)35-25(33)16-8-6-5-7-9-16;1-12-6-7-13(19(26)21-11-12)10-15(23)18(27-5)17(25)16(24)14(22)8-9-20(2,3)4;1-19(2,3)9-8-13(21)15(23)16(24)17(26-4)14(22)11-12-7-5-6-10-20-18(12)25;/h14,17-19,21-24,30-32H,6-13,15H2,1-5H3,(H,28,33);12-13,16-19,21-23,28,30-31H,5-11,14-15H2,1-4H3,(H,27,32);8-9,12-14,16-18,22,24-25H,6-7,10-11H2,1-5H3,(H,21,26);8-9,12-13,15-17,21,23-24H,5-7,10-11H2,1-4H3,(H,20,25);1H4/b16-14+;13-12+;2*9-8+;/t18-,19-,21-,22+,23-,24+;17-,18-,19-,21+,22-,23+;12-,13-,14-,16+,17-,18+;12-,13-,15+,16-,17+;/m1111./s1. The summed E-state index contributed by atoms with van der Waals surface area (Å²) in [7, 11) is 4.97. The highest BCUT2D eigenvalue weighted by Crippen LogP contribution is 2.33. The van der Waals surface area contributed by atoms with Crippen LogP contribution in [-0.4, -0.2) is 284 Å². The van der Waals surface area contributed by atoms with Crippen molar-refractivity contribution in [1.29, 1.82) is 0 Å². The molecule has 0 radical (unpaired) electrons. The average molecular weight is 1780 g/mol. The van der Waals surface area contributed by atoms with Gasteiger partial charge in [-0.3, -0.25) is 47.9 Å². The fourth-order valence-corrected chi connectivity index (χ4v) is 15.6. The molecule has 6 rings (SSSR count). The summed E-state index contributed by atoms with van der Waals surface area (Å²) >= 11 is 0. The molecule has 0 aromatic carbocycles. The first-order valence-corrected chi connectivity index (χ1v) is 44.5. The Hall–Kier alpha value is -6.18. The fraction of sp³-hybridized carbons (Fsp3) is 0.806. The summed E-state index contributed by atoms with van der Waals surface area (Å²) in [4.78, 5) is 125. The molecule has 125 heavy (non-hydrogen) atoms. The Balaban J connectivity index is 0.000000569. The minimum atomic E-state index is -1.68. The van der Waals surface area contributed by atoms with Gasteiger partial charge in [-0.15, -0.1) is 0 Å². The minimum absolute atomic E-state index is 0. The van der Waals surface area contributed by atoms with Gasteiger partial charge in [0.15, 0.2) is 23.1 Å². The molecule has 32 heteroatoms. The lowest BCUT2D eigenvalue weighted by Crippen LogP contribution is -2.49. The first-order chi connectivity index (χ1) is 57.8. The van der Waals surface area contributed by atoms with Crippen molar-refractivity contribution in [2.45, 2.75) is 362 Å².